The van der Waals surface area contributed by atoms with Gasteiger partial charge in [-0.05, 0) is 50.9 Å². The Bertz CT molecular complexity index is 482. The summed E-state index contributed by atoms with van der Waals surface area (Å²) in [5, 5.41) is 0. The van der Waals surface area contributed by atoms with Crippen LogP contribution in [0.3, 0.4) is 0 Å². The molecule has 1 aromatic carbocycles. The van der Waals surface area contributed by atoms with Crippen molar-refractivity contribution in [2.75, 3.05) is 13.7 Å². The van der Waals surface area contributed by atoms with Crippen LogP contribution < -0.4 is 4.74 Å². The van der Waals surface area contributed by atoms with Gasteiger partial charge in [-0.2, -0.15) is 0 Å². The second kappa shape index (κ2) is 7.60. The first-order valence-corrected chi connectivity index (χ1v) is 8.07. The van der Waals surface area contributed by atoms with Crippen LogP contribution in [0.1, 0.15) is 61.9 Å². The fourth-order valence-electron chi connectivity index (χ4n) is 3.27. The molecular formula is C18H27NO2. The number of likely N-dealkylation sites (tertiary alicyclic amines) is 1. The van der Waals surface area contributed by atoms with E-state index in [0.717, 1.165) is 30.0 Å². The summed E-state index contributed by atoms with van der Waals surface area (Å²) < 4.78 is 5.48. The van der Waals surface area contributed by atoms with Gasteiger partial charge in [0, 0.05) is 23.7 Å². The monoisotopic (exact) mass is 289 g/mol. The van der Waals surface area contributed by atoms with Crippen LogP contribution in [0, 0.1) is 0 Å². The highest BCUT2D eigenvalue weighted by atomic mass is 16.5. The van der Waals surface area contributed by atoms with Crippen molar-refractivity contribution in [3.8, 4) is 5.75 Å². The van der Waals surface area contributed by atoms with Crippen molar-refractivity contribution >= 4 is 5.78 Å². The van der Waals surface area contributed by atoms with Crippen LogP contribution in [0.15, 0.2) is 18.2 Å². The Morgan fingerprint density at radius 3 is 2.86 bits per heavy atom. The summed E-state index contributed by atoms with van der Waals surface area (Å²) in [5.41, 5.74) is 1.91. The van der Waals surface area contributed by atoms with Gasteiger partial charge in [-0.1, -0.05) is 19.8 Å². The Balaban J connectivity index is 2.19. The molecule has 0 N–H and O–H groups in total. The van der Waals surface area contributed by atoms with Gasteiger partial charge >= 0.3 is 0 Å². The molecule has 0 spiro atoms. The maximum atomic E-state index is 11.6. The molecule has 1 aromatic rings. The lowest BCUT2D eigenvalue weighted by atomic mass is 9.97. The Kier molecular flexibility index (Phi) is 5.80. The van der Waals surface area contributed by atoms with Crippen molar-refractivity contribution in [3.63, 3.8) is 0 Å². The Hall–Kier alpha value is -1.35. The number of methoxy groups -OCH3 is 1. The van der Waals surface area contributed by atoms with Gasteiger partial charge in [0.1, 0.15) is 5.75 Å². The molecule has 0 saturated carbocycles. The second-order valence-electron chi connectivity index (χ2n) is 5.99. The van der Waals surface area contributed by atoms with Gasteiger partial charge in [-0.15, -0.1) is 0 Å². The Labute approximate surface area is 128 Å². The first-order valence-electron chi connectivity index (χ1n) is 8.07. The number of Topliss-reactive ketones (excluding diaryl/α,β-unsaturated/α-hetero) is 1. The zero-order valence-corrected chi connectivity index (χ0v) is 13.5. The summed E-state index contributed by atoms with van der Waals surface area (Å²) in [7, 11) is 1.70. The highest BCUT2D eigenvalue weighted by Gasteiger charge is 2.22. The van der Waals surface area contributed by atoms with Crippen molar-refractivity contribution in [2.24, 2.45) is 0 Å². The highest BCUT2D eigenvalue weighted by Crippen LogP contribution is 2.27. The number of nitrogens with zero attached hydrogens (tertiary/aromatic N) is 1. The fourth-order valence-corrected chi connectivity index (χ4v) is 3.27. The summed E-state index contributed by atoms with van der Waals surface area (Å²) in [6.07, 6.45) is 6.39. The zero-order chi connectivity index (χ0) is 15.2. The van der Waals surface area contributed by atoms with E-state index < -0.39 is 0 Å². The molecule has 3 nitrogen and oxygen atoms in total. The van der Waals surface area contributed by atoms with Crippen molar-refractivity contribution in [2.45, 2.75) is 58.5 Å². The molecule has 0 amide bonds. The van der Waals surface area contributed by atoms with E-state index in [0.29, 0.717) is 6.04 Å². The van der Waals surface area contributed by atoms with Gasteiger partial charge in [0.25, 0.3) is 0 Å². The molecule has 1 atom stereocenters. The summed E-state index contributed by atoms with van der Waals surface area (Å²) in [6.45, 7) is 5.91. The smallest absolute Gasteiger partial charge is 0.159 e. The first kappa shape index (κ1) is 16.0. The number of hydrogen-bond donors (Lipinski definition) is 0. The number of hydrogen-bond acceptors (Lipinski definition) is 3. The van der Waals surface area contributed by atoms with Crippen LogP contribution in [0.5, 0.6) is 5.75 Å². The van der Waals surface area contributed by atoms with E-state index in [2.05, 4.69) is 11.8 Å². The predicted octanol–water partition coefficient (Wildman–Crippen LogP) is 4.05. The number of rotatable bonds is 6. The number of benzene rings is 1. The molecule has 0 radical (unpaired) electrons. The maximum Gasteiger partial charge on any atom is 0.159 e. The van der Waals surface area contributed by atoms with Crippen LogP contribution in [0.4, 0.5) is 0 Å². The molecule has 1 aliphatic rings. The normalized spacial score (nSPS) is 19.5. The molecule has 1 saturated heterocycles. The molecule has 116 valence electrons. The number of piperidine rings is 1. The van der Waals surface area contributed by atoms with E-state index in [1.807, 2.05) is 18.2 Å². The van der Waals surface area contributed by atoms with Gasteiger partial charge in [0.15, 0.2) is 5.78 Å². The minimum absolute atomic E-state index is 0.114. The van der Waals surface area contributed by atoms with E-state index in [4.69, 9.17) is 4.74 Å². The molecular weight excluding hydrogens is 262 g/mol. The summed E-state index contributed by atoms with van der Waals surface area (Å²) >= 11 is 0. The lowest BCUT2D eigenvalue weighted by Crippen LogP contribution is -2.38. The van der Waals surface area contributed by atoms with Crippen LogP contribution in [-0.2, 0) is 6.54 Å². The summed E-state index contributed by atoms with van der Waals surface area (Å²) in [5.74, 6) is 1.00. The highest BCUT2D eigenvalue weighted by molar-refractivity contribution is 5.94. The third-order valence-corrected chi connectivity index (χ3v) is 4.43. The van der Waals surface area contributed by atoms with E-state index in [-0.39, 0.29) is 5.78 Å². The lowest BCUT2D eigenvalue weighted by molar-refractivity contribution is 0.101. The van der Waals surface area contributed by atoms with Gasteiger partial charge in [0.05, 0.1) is 7.11 Å². The standard InChI is InChI=1S/C18H27NO2/c1-4-7-17-8-5-6-11-19(17)13-16-12-15(14(2)20)9-10-18(16)21-3/h9-10,12,17H,4-8,11,13H2,1-3H3. The molecule has 1 aliphatic heterocycles. The number of ether oxygens (including phenoxy) is 1. The van der Waals surface area contributed by atoms with E-state index in [1.165, 1.54) is 32.1 Å². The van der Waals surface area contributed by atoms with Crippen molar-refractivity contribution in [3.05, 3.63) is 29.3 Å². The summed E-state index contributed by atoms with van der Waals surface area (Å²) in [6, 6.07) is 6.45. The molecule has 0 bridgehead atoms. The third-order valence-electron chi connectivity index (χ3n) is 4.43. The quantitative estimate of drug-likeness (QED) is 0.740. The largest absolute Gasteiger partial charge is 0.496 e. The zero-order valence-electron chi connectivity index (χ0n) is 13.5. The number of ketones is 1. The van der Waals surface area contributed by atoms with Crippen LogP contribution in [0.2, 0.25) is 0 Å². The van der Waals surface area contributed by atoms with E-state index >= 15 is 0 Å². The second-order valence-corrected chi connectivity index (χ2v) is 5.99. The van der Waals surface area contributed by atoms with Crippen molar-refractivity contribution in [1.82, 2.24) is 4.90 Å². The summed E-state index contributed by atoms with van der Waals surface area (Å²) in [4.78, 5) is 14.2. The average Bonchev–Trinajstić information content (AvgIpc) is 2.49. The average molecular weight is 289 g/mol. The minimum atomic E-state index is 0.114. The predicted molar refractivity (Wildman–Crippen MR) is 86.0 cm³/mol. The third kappa shape index (κ3) is 4.07. The Morgan fingerprint density at radius 2 is 2.19 bits per heavy atom. The molecule has 0 aliphatic carbocycles. The molecule has 21 heavy (non-hydrogen) atoms. The maximum absolute atomic E-state index is 11.6. The Morgan fingerprint density at radius 1 is 1.38 bits per heavy atom. The molecule has 0 aromatic heterocycles. The molecule has 1 fully saturated rings. The van der Waals surface area contributed by atoms with E-state index in [9.17, 15) is 4.79 Å². The van der Waals surface area contributed by atoms with Gasteiger partial charge in [0.2, 0.25) is 0 Å². The van der Waals surface area contributed by atoms with E-state index in [1.54, 1.807) is 14.0 Å². The van der Waals surface area contributed by atoms with Crippen LogP contribution >= 0.6 is 0 Å². The van der Waals surface area contributed by atoms with Crippen LogP contribution in [-0.4, -0.2) is 30.4 Å². The number of carbonyl (C=O) groups excluding carboxylic acids is 1. The molecule has 1 heterocycles. The SMILES string of the molecule is CCCC1CCCCN1Cc1cc(C(C)=O)ccc1OC. The molecule has 1 unspecified atom stereocenters. The number of carbonyl (C=O) groups is 1. The molecule has 2 rings (SSSR count). The van der Waals surface area contributed by atoms with Gasteiger partial charge < -0.3 is 4.74 Å². The first-order chi connectivity index (χ1) is 10.2. The fraction of sp³-hybridized carbons (Fsp3) is 0.611. The minimum Gasteiger partial charge on any atom is -0.496 e. The van der Waals surface area contributed by atoms with Crippen LogP contribution in [0.25, 0.3) is 0 Å². The van der Waals surface area contributed by atoms with Crippen molar-refractivity contribution in [1.29, 1.82) is 0 Å². The lowest BCUT2D eigenvalue weighted by Gasteiger charge is -2.36. The molecule has 3 heteroatoms. The van der Waals surface area contributed by atoms with Gasteiger partial charge in [-0.3, -0.25) is 9.69 Å². The van der Waals surface area contributed by atoms with Crippen molar-refractivity contribution < 1.29 is 9.53 Å². The van der Waals surface area contributed by atoms with Gasteiger partial charge in [-0.25, -0.2) is 0 Å². The topological polar surface area (TPSA) is 29.5 Å².